The molecular formula is C23H30N4O4. The van der Waals surface area contributed by atoms with Gasteiger partial charge in [0.05, 0.1) is 6.10 Å². The van der Waals surface area contributed by atoms with Crippen LogP contribution in [0.2, 0.25) is 0 Å². The van der Waals surface area contributed by atoms with Crippen LogP contribution in [-0.2, 0) is 14.3 Å². The van der Waals surface area contributed by atoms with Gasteiger partial charge >= 0.3 is 0 Å². The van der Waals surface area contributed by atoms with Crippen molar-refractivity contribution in [3.63, 3.8) is 0 Å². The number of nitrogens with one attached hydrogen (secondary N) is 1. The second kappa shape index (κ2) is 8.80. The fourth-order valence-electron chi connectivity index (χ4n) is 4.51. The number of fused-ring (bicyclic) bond motifs is 1. The molecule has 0 aromatic heterocycles. The maximum atomic E-state index is 13.2. The molecule has 3 atom stereocenters. The highest BCUT2D eigenvalue weighted by Gasteiger charge is 2.48. The number of likely N-dealkylation sites (tertiary alicyclic amines) is 1. The van der Waals surface area contributed by atoms with Crippen molar-refractivity contribution in [3.8, 4) is 0 Å². The lowest BCUT2D eigenvalue weighted by Crippen LogP contribution is -2.52. The number of benzene rings is 1. The number of carbonyl (C=O) groups excluding carboxylic acids is 3. The van der Waals surface area contributed by atoms with E-state index in [0.29, 0.717) is 24.1 Å². The summed E-state index contributed by atoms with van der Waals surface area (Å²) in [5.41, 5.74) is 2.10. The Labute approximate surface area is 182 Å². The highest BCUT2D eigenvalue weighted by molar-refractivity contribution is 6.00. The van der Waals surface area contributed by atoms with E-state index in [9.17, 15) is 14.4 Å². The fourth-order valence-corrected chi connectivity index (χ4v) is 4.51. The first-order valence-corrected chi connectivity index (χ1v) is 10.8. The van der Waals surface area contributed by atoms with Crippen LogP contribution in [0, 0.1) is 0 Å². The average molecular weight is 427 g/mol. The van der Waals surface area contributed by atoms with Crippen molar-refractivity contribution < 1.29 is 19.1 Å². The molecule has 3 fully saturated rings. The molecule has 3 heterocycles. The topological polar surface area (TPSA) is 82.2 Å². The van der Waals surface area contributed by atoms with Gasteiger partial charge in [0, 0.05) is 44.0 Å². The first-order chi connectivity index (χ1) is 14.8. The van der Waals surface area contributed by atoms with Gasteiger partial charge in [-0.15, -0.1) is 0 Å². The highest BCUT2D eigenvalue weighted by Crippen LogP contribution is 2.28. The Morgan fingerprint density at radius 3 is 2.45 bits per heavy atom. The molecular weight excluding hydrogens is 396 g/mol. The Morgan fingerprint density at radius 2 is 1.81 bits per heavy atom. The number of hydrogen-bond donors (Lipinski definition) is 1. The molecule has 3 aliphatic rings. The lowest BCUT2D eigenvalue weighted by molar-refractivity contribution is -0.137. The van der Waals surface area contributed by atoms with E-state index in [4.69, 9.17) is 4.74 Å². The SMILES string of the molecule is C=C(C)[C@H](NC(=O)c1ccc(N2CCN(C)CC2)cc1)C(=O)N1CC[C@H]2OCC(=O)[C@H]21. The van der Waals surface area contributed by atoms with Crippen molar-refractivity contribution in [1.82, 2.24) is 15.1 Å². The van der Waals surface area contributed by atoms with Crippen LogP contribution < -0.4 is 10.2 Å². The number of nitrogens with zero attached hydrogens (tertiary/aromatic N) is 3. The van der Waals surface area contributed by atoms with Crippen LogP contribution in [0.15, 0.2) is 36.4 Å². The van der Waals surface area contributed by atoms with E-state index in [0.717, 1.165) is 31.9 Å². The molecule has 3 saturated heterocycles. The molecule has 31 heavy (non-hydrogen) atoms. The smallest absolute Gasteiger partial charge is 0.252 e. The van der Waals surface area contributed by atoms with Crippen molar-refractivity contribution in [3.05, 3.63) is 42.0 Å². The molecule has 166 valence electrons. The van der Waals surface area contributed by atoms with Crippen molar-refractivity contribution >= 4 is 23.3 Å². The normalized spacial score (nSPS) is 24.8. The highest BCUT2D eigenvalue weighted by atomic mass is 16.5. The molecule has 0 unspecified atom stereocenters. The summed E-state index contributed by atoms with van der Waals surface area (Å²) >= 11 is 0. The van der Waals surface area contributed by atoms with E-state index in [-0.39, 0.29) is 30.3 Å². The van der Waals surface area contributed by atoms with E-state index < -0.39 is 12.1 Å². The van der Waals surface area contributed by atoms with E-state index >= 15 is 0 Å². The van der Waals surface area contributed by atoms with Gasteiger partial charge < -0.3 is 24.8 Å². The Morgan fingerprint density at radius 1 is 1.13 bits per heavy atom. The van der Waals surface area contributed by atoms with Crippen LogP contribution >= 0.6 is 0 Å². The zero-order chi connectivity index (χ0) is 22.1. The van der Waals surface area contributed by atoms with Gasteiger partial charge in [0.2, 0.25) is 5.91 Å². The third kappa shape index (κ3) is 4.36. The van der Waals surface area contributed by atoms with Gasteiger partial charge in [-0.25, -0.2) is 0 Å². The van der Waals surface area contributed by atoms with Gasteiger partial charge in [0.1, 0.15) is 18.7 Å². The van der Waals surface area contributed by atoms with Crippen molar-refractivity contribution in [1.29, 1.82) is 0 Å². The van der Waals surface area contributed by atoms with Gasteiger partial charge in [-0.3, -0.25) is 14.4 Å². The van der Waals surface area contributed by atoms with Gasteiger partial charge in [-0.05, 0) is 50.2 Å². The Kier molecular flexibility index (Phi) is 6.11. The number of piperazine rings is 1. The van der Waals surface area contributed by atoms with Gasteiger partial charge in [-0.1, -0.05) is 6.58 Å². The van der Waals surface area contributed by atoms with Crippen LogP contribution in [0.3, 0.4) is 0 Å². The Hall–Kier alpha value is -2.71. The molecule has 1 N–H and O–H groups in total. The van der Waals surface area contributed by atoms with Crippen LogP contribution in [0.5, 0.6) is 0 Å². The summed E-state index contributed by atoms with van der Waals surface area (Å²) < 4.78 is 5.47. The zero-order valence-corrected chi connectivity index (χ0v) is 18.2. The van der Waals surface area contributed by atoms with Gasteiger partial charge in [-0.2, -0.15) is 0 Å². The zero-order valence-electron chi connectivity index (χ0n) is 18.2. The molecule has 0 saturated carbocycles. The minimum absolute atomic E-state index is 0.0445. The second-order valence-corrected chi connectivity index (χ2v) is 8.67. The number of anilines is 1. The molecule has 0 spiro atoms. The predicted molar refractivity (Wildman–Crippen MR) is 117 cm³/mol. The van der Waals surface area contributed by atoms with Crippen LogP contribution in [0.1, 0.15) is 23.7 Å². The molecule has 1 aromatic rings. The molecule has 4 rings (SSSR count). The monoisotopic (exact) mass is 426 g/mol. The van der Waals surface area contributed by atoms with E-state index in [1.165, 1.54) is 4.90 Å². The molecule has 0 radical (unpaired) electrons. The maximum Gasteiger partial charge on any atom is 0.252 e. The molecule has 0 aliphatic carbocycles. The minimum atomic E-state index is -0.878. The van der Waals surface area contributed by atoms with Crippen molar-refractivity contribution in [2.45, 2.75) is 31.5 Å². The van der Waals surface area contributed by atoms with Crippen molar-refractivity contribution in [2.75, 3.05) is 51.3 Å². The van der Waals surface area contributed by atoms with Crippen LogP contribution in [0.4, 0.5) is 5.69 Å². The summed E-state index contributed by atoms with van der Waals surface area (Å²) in [6, 6.07) is 6.02. The number of carbonyl (C=O) groups is 3. The fraction of sp³-hybridized carbons (Fsp3) is 0.522. The first-order valence-electron chi connectivity index (χ1n) is 10.8. The summed E-state index contributed by atoms with van der Waals surface area (Å²) in [7, 11) is 2.11. The molecule has 1 aromatic carbocycles. The van der Waals surface area contributed by atoms with E-state index in [1.54, 1.807) is 19.1 Å². The number of Topliss-reactive ketones (excluding diaryl/α,β-unsaturated/α-hetero) is 1. The Bertz CT molecular complexity index is 876. The number of hydrogen-bond acceptors (Lipinski definition) is 6. The standard InChI is InChI=1S/C23H30N4O4/c1-15(2)20(23(30)27-9-8-19-21(27)18(28)14-31-19)24-22(29)16-4-6-17(7-5-16)26-12-10-25(3)11-13-26/h4-7,19-21H,1,8-14H2,2-3H3,(H,24,29)/t19-,20+,21-/m1/s1. The first kappa shape index (κ1) is 21.5. The van der Waals surface area contributed by atoms with Gasteiger partial charge in [0.25, 0.3) is 5.91 Å². The summed E-state index contributed by atoms with van der Waals surface area (Å²) in [6.07, 6.45) is 0.396. The number of ether oxygens (including phenoxy) is 1. The van der Waals surface area contributed by atoms with E-state index in [1.807, 2.05) is 12.1 Å². The summed E-state index contributed by atoms with van der Waals surface area (Å²) in [6.45, 7) is 10.0. The third-order valence-corrected chi connectivity index (χ3v) is 6.41. The van der Waals surface area contributed by atoms with Crippen LogP contribution in [-0.4, -0.2) is 92.0 Å². The Balaban J connectivity index is 1.42. The quantitative estimate of drug-likeness (QED) is 0.698. The summed E-state index contributed by atoms with van der Waals surface area (Å²) in [5, 5.41) is 2.81. The molecule has 8 nitrogen and oxygen atoms in total. The minimum Gasteiger partial charge on any atom is -0.369 e. The number of amides is 2. The maximum absolute atomic E-state index is 13.2. The van der Waals surface area contributed by atoms with E-state index in [2.05, 4.69) is 28.7 Å². The average Bonchev–Trinajstić information content (AvgIpc) is 3.35. The third-order valence-electron chi connectivity index (χ3n) is 6.41. The number of rotatable bonds is 5. The predicted octanol–water partition coefficient (Wildman–Crippen LogP) is 0.682. The van der Waals surface area contributed by atoms with Crippen molar-refractivity contribution in [2.24, 2.45) is 0 Å². The lowest BCUT2D eigenvalue weighted by atomic mass is 10.1. The second-order valence-electron chi connectivity index (χ2n) is 8.67. The van der Waals surface area contributed by atoms with Crippen LogP contribution in [0.25, 0.3) is 0 Å². The number of likely N-dealkylation sites (N-methyl/N-ethyl adjacent to an activating group) is 1. The molecule has 2 amide bonds. The summed E-state index contributed by atoms with van der Waals surface area (Å²) in [5.74, 6) is -0.723. The molecule has 8 heteroatoms. The number of ketones is 1. The largest absolute Gasteiger partial charge is 0.369 e. The van der Waals surface area contributed by atoms with Gasteiger partial charge in [0.15, 0.2) is 5.78 Å². The molecule has 0 bridgehead atoms. The lowest BCUT2D eigenvalue weighted by Gasteiger charge is -2.34. The molecule has 3 aliphatic heterocycles. The summed E-state index contributed by atoms with van der Waals surface area (Å²) in [4.78, 5) is 44.3.